The lowest BCUT2D eigenvalue weighted by Gasteiger charge is -2.32. The van der Waals surface area contributed by atoms with Gasteiger partial charge in [-0.05, 0) is 37.1 Å². The fourth-order valence-corrected chi connectivity index (χ4v) is 3.55. The summed E-state index contributed by atoms with van der Waals surface area (Å²) in [5.41, 5.74) is 1.67. The van der Waals surface area contributed by atoms with Gasteiger partial charge in [0.1, 0.15) is 17.9 Å². The van der Waals surface area contributed by atoms with Crippen molar-refractivity contribution in [3.05, 3.63) is 54.6 Å². The van der Waals surface area contributed by atoms with Crippen LogP contribution >= 0.6 is 0 Å². The van der Waals surface area contributed by atoms with Crippen molar-refractivity contribution in [1.29, 1.82) is 0 Å². The lowest BCUT2D eigenvalue weighted by molar-refractivity contribution is -0.135. The second-order valence-electron chi connectivity index (χ2n) is 7.15. The number of carbonyl (C=O) groups is 1. The molecule has 1 aliphatic heterocycles. The van der Waals surface area contributed by atoms with Gasteiger partial charge in [0.25, 0.3) is 6.01 Å². The number of ether oxygens (including phenoxy) is 1. The molecule has 0 bridgehead atoms. The summed E-state index contributed by atoms with van der Waals surface area (Å²) in [6.45, 7) is 2.63. The summed E-state index contributed by atoms with van der Waals surface area (Å²) < 4.78 is 11.5. The number of aromatic nitrogens is 1. The molecular weight excluding hydrogens is 354 g/mol. The molecule has 0 saturated carbocycles. The standard InChI is InChI=1S/C22H25N3O3/c1-24(15-16-27-18-7-3-2-4-8-18)21(26)17-11-13-25(14-12-17)22-23-19-9-5-6-10-20(19)28-22/h2-10,17H,11-16H2,1H3. The molecule has 146 valence electrons. The highest BCUT2D eigenvalue weighted by Crippen LogP contribution is 2.27. The predicted molar refractivity (Wildman–Crippen MR) is 109 cm³/mol. The van der Waals surface area contributed by atoms with E-state index in [0.717, 1.165) is 42.8 Å². The Morgan fingerprint density at radius 2 is 1.86 bits per heavy atom. The number of amides is 1. The van der Waals surface area contributed by atoms with Gasteiger partial charge in [-0.1, -0.05) is 30.3 Å². The highest BCUT2D eigenvalue weighted by atomic mass is 16.5. The van der Waals surface area contributed by atoms with Crippen LogP contribution in [0.15, 0.2) is 59.0 Å². The maximum atomic E-state index is 12.7. The minimum absolute atomic E-state index is 0.0438. The lowest BCUT2D eigenvalue weighted by atomic mass is 9.95. The van der Waals surface area contributed by atoms with E-state index < -0.39 is 0 Å². The second kappa shape index (κ2) is 8.33. The number of nitrogens with zero attached hydrogens (tertiary/aromatic N) is 3. The minimum atomic E-state index is 0.0438. The van der Waals surface area contributed by atoms with Crippen LogP contribution in [0.1, 0.15) is 12.8 Å². The summed E-state index contributed by atoms with van der Waals surface area (Å²) in [5, 5.41) is 0. The maximum absolute atomic E-state index is 12.7. The van der Waals surface area contributed by atoms with Gasteiger partial charge in [0.05, 0.1) is 6.54 Å². The lowest BCUT2D eigenvalue weighted by Crippen LogP contribution is -2.42. The fraction of sp³-hybridized carbons (Fsp3) is 0.364. The Morgan fingerprint density at radius 1 is 1.14 bits per heavy atom. The number of benzene rings is 2. The van der Waals surface area contributed by atoms with Crippen LogP contribution in [0.4, 0.5) is 6.01 Å². The van der Waals surface area contributed by atoms with E-state index in [1.165, 1.54) is 0 Å². The number of piperidine rings is 1. The molecule has 0 unspecified atom stereocenters. The normalized spacial score (nSPS) is 15.0. The van der Waals surface area contributed by atoms with E-state index in [1.807, 2.05) is 61.6 Å². The summed E-state index contributed by atoms with van der Waals surface area (Å²) in [6, 6.07) is 18.1. The average Bonchev–Trinajstić information content (AvgIpc) is 3.18. The van der Waals surface area contributed by atoms with Crippen molar-refractivity contribution >= 4 is 23.0 Å². The third-order valence-corrected chi connectivity index (χ3v) is 5.21. The molecule has 1 fully saturated rings. The number of oxazole rings is 1. The molecule has 6 heteroatoms. The van der Waals surface area contributed by atoms with Crippen LogP contribution in [-0.4, -0.2) is 49.1 Å². The van der Waals surface area contributed by atoms with Crippen molar-refractivity contribution in [2.45, 2.75) is 12.8 Å². The Hall–Kier alpha value is -3.02. The van der Waals surface area contributed by atoms with Gasteiger partial charge in [0.2, 0.25) is 5.91 Å². The molecule has 0 aliphatic carbocycles. The van der Waals surface area contributed by atoms with Gasteiger partial charge in [-0.3, -0.25) is 4.79 Å². The predicted octanol–water partition coefficient (Wildman–Crippen LogP) is 3.58. The Labute approximate surface area is 164 Å². The first-order valence-electron chi connectivity index (χ1n) is 9.74. The largest absolute Gasteiger partial charge is 0.492 e. The smallest absolute Gasteiger partial charge is 0.298 e. The summed E-state index contributed by atoms with van der Waals surface area (Å²) >= 11 is 0. The summed E-state index contributed by atoms with van der Waals surface area (Å²) in [4.78, 5) is 21.2. The van der Waals surface area contributed by atoms with E-state index >= 15 is 0 Å². The molecule has 1 aliphatic rings. The Morgan fingerprint density at radius 3 is 2.61 bits per heavy atom. The molecule has 1 amide bonds. The molecule has 2 heterocycles. The number of rotatable bonds is 6. The molecule has 0 N–H and O–H groups in total. The maximum Gasteiger partial charge on any atom is 0.298 e. The number of para-hydroxylation sites is 3. The van der Waals surface area contributed by atoms with Crippen molar-refractivity contribution in [2.24, 2.45) is 5.92 Å². The van der Waals surface area contributed by atoms with Gasteiger partial charge in [-0.15, -0.1) is 0 Å². The number of hydrogen-bond acceptors (Lipinski definition) is 5. The average molecular weight is 379 g/mol. The molecule has 3 aromatic rings. The van der Waals surface area contributed by atoms with Crippen molar-refractivity contribution in [3.8, 4) is 5.75 Å². The molecule has 0 spiro atoms. The molecular formula is C22H25N3O3. The number of carbonyl (C=O) groups excluding carboxylic acids is 1. The summed E-state index contributed by atoms with van der Waals surface area (Å²) in [5.74, 6) is 1.06. The summed E-state index contributed by atoms with van der Waals surface area (Å²) in [7, 11) is 1.85. The highest BCUT2D eigenvalue weighted by Gasteiger charge is 2.28. The van der Waals surface area contributed by atoms with Gasteiger partial charge in [-0.25, -0.2) is 0 Å². The van der Waals surface area contributed by atoms with Gasteiger partial charge in [-0.2, -0.15) is 4.98 Å². The first kappa shape index (κ1) is 18.3. The first-order chi connectivity index (χ1) is 13.7. The Balaban J connectivity index is 1.26. The quantitative estimate of drug-likeness (QED) is 0.655. The third kappa shape index (κ3) is 4.11. The van der Waals surface area contributed by atoms with Crippen LogP contribution in [0.2, 0.25) is 0 Å². The fourth-order valence-electron chi connectivity index (χ4n) is 3.55. The highest BCUT2D eigenvalue weighted by molar-refractivity contribution is 5.79. The van der Waals surface area contributed by atoms with Gasteiger partial charge < -0.3 is 19.0 Å². The number of anilines is 1. The van der Waals surface area contributed by atoms with Crippen LogP contribution in [0.5, 0.6) is 5.75 Å². The number of hydrogen-bond donors (Lipinski definition) is 0. The van der Waals surface area contributed by atoms with Crippen molar-refractivity contribution in [1.82, 2.24) is 9.88 Å². The van der Waals surface area contributed by atoms with Crippen LogP contribution in [0.25, 0.3) is 11.1 Å². The molecule has 28 heavy (non-hydrogen) atoms. The van der Waals surface area contributed by atoms with Gasteiger partial charge in [0, 0.05) is 26.1 Å². The van der Waals surface area contributed by atoms with Crippen molar-refractivity contribution in [2.75, 3.05) is 38.2 Å². The van der Waals surface area contributed by atoms with E-state index in [4.69, 9.17) is 9.15 Å². The number of likely N-dealkylation sites (N-methyl/N-ethyl adjacent to an activating group) is 1. The molecule has 0 radical (unpaired) electrons. The Kier molecular flexibility index (Phi) is 5.46. The molecule has 0 atom stereocenters. The topological polar surface area (TPSA) is 58.8 Å². The molecule has 4 rings (SSSR count). The van der Waals surface area contributed by atoms with E-state index in [1.54, 1.807) is 4.90 Å². The summed E-state index contributed by atoms with van der Waals surface area (Å²) in [6.07, 6.45) is 1.61. The monoisotopic (exact) mass is 379 g/mol. The third-order valence-electron chi connectivity index (χ3n) is 5.21. The zero-order valence-electron chi connectivity index (χ0n) is 16.1. The van der Waals surface area contributed by atoms with Crippen LogP contribution in [-0.2, 0) is 4.79 Å². The SMILES string of the molecule is CN(CCOc1ccccc1)C(=O)C1CCN(c2nc3ccccc3o2)CC1. The van der Waals surface area contributed by atoms with E-state index in [0.29, 0.717) is 19.2 Å². The van der Waals surface area contributed by atoms with Crippen LogP contribution in [0, 0.1) is 5.92 Å². The minimum Gasteiger partial charge on any atom is -0.492 e. The molecule has 2 aromatic carbocycles. The van der Waals surface area contributed by atoms with E-state index in [2.05, 4.69) is 9.88 Å². The van der Waals surface area contributed by atoms with E-state index in [-0.39, 0.29) is 11.8 Å². The molecule has 1 aromatic heterocycles. The zero-order valence-corrected chi connectivity index (χ0v) is 16.1. The number of fused-ring (bicyclic) bond motifs is 1. The van der Waals surface area contributed by atoms with Crippen LogP contribution in [0.3, 0.4) is 0 Å². The molecule has 1 saturated heterocycles. The van der Waals surface area contributed by atoms with Crippen molar-refractivity contribution in [3.63, 3.8) is 0 Å². The second-order valence-corrected chi connectivity index (χ2v) is 7.15. The first-order valence-corrected chi connectivity index (χ1v) is 9.74. The van der Waals surface area contributed by atoms with Gasteiger partial charge in [0.15, 0.2) is 5.58 Å². The van der Waals surface area contributed by atoms with E-state index in [9.17, 15) is 4.79 Å². The van der Waals surface area contributed by atoms with Crippen molar-refractivity contribution < 1.29 is 13.9 Å². The van der Waals surface area contributed by atoms with Gasteiger partial charge >= 0.3 is 0 Å². The zero-order chi connectivity index (χ0) is 19.3. The Bertz CT molecular complexity index is 884. The molecule has 6 nitrogen and oxygen atoms in total. The van der Waals surface area contributed by atoms with Crippen LogP contribution < -0.4 is 9.64 Å².